The average Bonchev–Trinajstić information content (AvgIpc) is 3.16. The van der Waals surface area contributed by atoms with E-state index in [0.717, 1.165) is 41.4 Å². The standard InChI is InChI=1S/C25H22F2N2O/c1-25(24(30)16-4-6-19(26)7-5-16)12-2-3-17-14-23-18(13-22(17)25)15-28-29(23)21-10-8-20(27)9-11-21/h4-11,13-15,24,30H,2-3,12H2,1H3/t24-,25-/m0/s1. The first kappa shape index (κ1) is 18.9. The molecule has 1 aliphatic carbocycles. The molecule has 0 aliphatic heterocycles. The first-order valence-electron chi connectivity index (χ1n) is 10.2. The third-order valence-corrected chi connectivity index (χ3v) is 6.41. The zero-order valence-electron chi connectivity index (χ0n) is 16.6. The Kier molecular flexibility index (Phi) is 4.44. The average molecular weight is 404 g/mol. The van der Waals surface area contributed by atoms with E-state index in [1.807, 2.05) is 4.68 Å². The number of aliphatic hydroxyl groups excluding tert-OH is 1. The summed E-state index contributed by atoms with van der Waals surface area (Å²) in [7, 11) is 0. The van der Waals surface area contributed by atoms with Crippen molar-refractivity contribution in [2.45, 2.75) is 37.7 Å². The number of rotatable bonds is 3. The lowest BCUT2D eigenvalue weighted by molar-refractivity contribution is 0.0783. The van der Waals surface area contributed by atoms with Crippen LogP contribution in [0.3, 0.4) is 0 Å². The van der Waals surface area contributed by atoms with Crippen molar-refractivity contribution < 1.29 is 13.9 Å². The molecule has 2 atom stereocenters. The molecule has 1 N–H and O–H groups in total. The van der Waals surface area contributed by atoms with Crippen LogP contribution < -0.4 is 0 Å². The maximum atomic E-state index is 13.4. The van der Waals surface area contributed by atoms with Gasteiger partial charge in [0.05, 0.1) is 23.5 Å². The highest BCUT2D eigenvalue weighted by Gasteiger charge is 2.39. The number of fused-ring (bicyclic) bond motifs is 2. The van der Waals surface area contributed by atoms with Gasteiger partial charge >= 0.3 is 0 Å². The van der Waals surface area contributed by atoms with E-state index < -0.39 is 11.5 Å². The molecule has 0 bridgehead atoms. The Bertz CT molecular complexity index is 1210. The number of aryl methyl sites for hydroxylation is 1. The zero-order chi connectivity index (χ0) is 20.9. The Balaban J connectivity index is 1.61. The molecule has 30 heavy (non-hydrogen) atoms. The van der Waals surface area contributed by atoms with Crippen LogP contribution in [0.25, 0.3) is 16.6 Å². The molecular formula is C25H22F2N2O. The van der Waals surface area contributed by atoms with Crippen LogP contribution in [0.5, 0.6) is 0 Å². The van der Waals surface area contributed by atoms with Crippen LogP contribution in [0.15, 0.2) is 66.9 Å². The van der Waals surface area contributed by atoms with Crippen molar-refractivity contribution in [3.8, 4) is 5.69 Å². The maximum Gasteiger partial charge on any atom is 0.123 e. The summed E-state index contributed by atoms with van der Waals surface area (Å²) in [4.78, 5) is 0. The third-order valence-electron chi connectivity index (χ3n) is 6.41. The van der Waals surface area contributed by atoms with E-state index in [2.05, 4.69) is 24.2 Å². The lowest BCUT2D eigenvalue weighted by Crippen LogP contribution is -2.34. The van der Waals surface area contributed by atoms with Gasteiger partial charge in [-0.1, -0.05) is 19.1 Å². The molecule has 0 radical (unpaired) electrons. The molecular weight excluding hydrogens is 382 g/mol. The fourth-order valence-electron chi connectivity index (χ4n) is 4.72. The number of aromatic nitrogens is 2. The summed E-state index contributed by atoms with van der Waals surface area (Å²) in [6.45, 7) is 2.08. The van der Waals surface area contributed by atoms with E-state index >= 15 is 0 Å². The van der Waals surface area contributed by atoms with Crippen molar-refractivity contribution >= 4 is 10.9 Å². The predicted octanol–water partition coefficient (Wildman–Crippen LogP) is 5.63. The van der Waals surface area contributed by atoms with E-state index in [1.54, 1.807) is 30.5 Å². The zero-order valence-corrected chi connectivity index (χ0v) is 16.6. The Morgan fingerprint density at radius 2 is 1.67 bits per heavy atom. The Labute approximate surface area is 173 Å². The molecule has 1 heterocycles. The maximum absolute atomic E-state index is 13.4. The third kappa shape index (κ3) is 3.01. The molecule has 1 aromatic heterocycles. The van der Waals surface area contributed by atoms with Gasteiger partial charge in [-0.2, -0.15) is 5.10 Å². The molecule has 0 saturated carbocycles. The minimum atomic E-state index is -0.734. The van der Waals surface area contributed by atoms with Crippen LogP contribution in [-0.4, -0.2) is 14.9 Å². The van der Waals surface area contributed by atoms with Gasteiger partial charge in [0.2, 0.25) is 0 Å². The SMILES string of the molecule is C[C@]1([C@@H](O)c2ccc(F)cc2)CCCc2cc3c(cnn3-c3ccc(F)cc3)cc21. The topological polar surface area (TPSA) is 38.1 Å². The van der Waals surface area contributed by atoms with Crippen LogP contribution in [0.2, 0.25) is 0 Å². The highest BCUT2D eigenvalue weighted by Crippen LogP contribution is 2.47. The van der Waals surface area contributed by atoms with Crippen LogP contribution in [-0.2, 0) is 11.8 Å². The van der Waals surface area contributed by atoms with Crippen LogP contribution in [0.4, 0.5) is 8.78 Å². The molecule has 5 rings (SSSR count). The Morgan fingerprint density at radius 3 is 2.37 bits per heavy atom. The first-order chi connectivity index (χ1) is 14.5. The van der Waals surface area contributed by atoms with Crippen molar-refractivity contribution in [1.82, 2.24) is 9.78 Å². The molecule has 4 aromatic rings. The summed E-state index contributed by atoms with van der Waals surface area (Å²) < 4.78 is 28.5. The van der Waals surface area contributed by atoms with Crippen LogP contribution in [0, 0.1) is 11.6 Å². The lowest BCUT2D eigenvalue weighted by Gasteiger charge is -2.40. The number of nitrogens with zero attached hydrogens (tertiary/aromatic N) is 2. The summed E-state index contributed by atoms with van der Waals surface area (Å²) in [5, 5.41) is 16.7. The second kappa shape index (κ2) is 7.03. The summed E-state index contributed by atoms with van der Waals surface area (Å²) in [6.07, 6.45) is 3.79. The summed E-state index contributed by atoms with van der Waals surface area (Å²) in [6, 6.07) is 16.6. The number of halogens is 2. The van der Waals surface area contributed by atoms with Crippen LogP contribution in [0.1, 0.15) is 42.6 Å². The summed E-state index contributed by atoms with van der Waals surface area (Å²) in [5.74, 6) is -0.590. The first-order valence-corrected chi connectivity index (χ1v) is 10.2. The molecule has 152 valence electrons. The van der Waals surface area contributed by atoms with Crippen molar-refractivity contribution in [3.05, 3.63) is 95.2 Å². The van der Waals surface area contributed by atoms with Gasteiger partial charge in [-0.25, -0.2) is 13.5 Å². The predicted molar refractivity (Wildman–Crippen MR) is 113 cm³/mol. The molecule has 0 fully saturated rings. The molecule has 0 amide bonds. The molecule has 1 aliphatic rings. The van der Waals surface area contributed by atoms with E-state index in [4.69, 9.17) is 0 Å². The van der Waals surface area contributed by atoms with E-state index in [-0.39, 0.29) is 11.6 Å². The summed E-state index contributed by atoms with van der Waals surface area (Å²) in [5.41, 5.74) is 4.29. The smallest absolute Gasteiger partial charge is 0.123 e. The van der Waals surface area contributed by atoms with Gasteiger partial charge in [0.25, 0.3) is 0 Å². The molecule has 0 spiro atoms. The number of hydrogen-bond donors (Lipinski definition) is 1. The highest BCUT2D eigenvalue weighted by molar-refractivity contribution is 5.82. The van der Waals surface area contributed by atoms with E-state index in [0.29, 0.717) is 5.56 Å². The van der Waals surface area contributed by atoms with Gasteiger partial charge in [0.15, 0.2) is 0 Å². The van der Waals surface area contributed by atoms with Crippen molar-refractivity contribution in [2.24, 2.45) is 0 Å². The van der Waals surface area contributed by atoms with Crippen LogP contribution >= 0.6 is 0 Å². The van der Waals surface area contributed by atoms with Crippen molar-refractivity contribution in [3.63, 3.8) is 0 Å². The minimum Gasteiger partial charge on any atom is -0.387 e. The highest BCUT2D eigenvalue weighted by atomic mass is 19.1. The molecule has 5 heteroatoms. The van der Waals surface area contributed by atoms with Gasteiger partial charge in [0, 0.05) is 10.8 Å². The second-order valence-corrected chi connectivity index (χ2v) is 8.33. The number of hydrogen-bond acceptors (Lipinski definition) is 2. The van der Waals surface area contributed by atoms with Crippen molar-refractivity contribution in [1.29, 1.82) is 0 Å². The fraction of sp³-hybridized carbons (Fsp3) is 0.240. The molecule has 0 unspecified atom stereocenters. The normalized spacial score (nSPS) is 19.6. The molecule has 0 saturated heterocycles. The summed E-state index contributed by atoms with van der Waals surface area (Å²) >= 11 is 0. The van der Waals surface area contributed by atoms with Gasteiger partial charge in [-0.05, 0) is 84.5 Å². The quantitative estimate of drug-likeness (QED) is 0.480. The lowest BCUT2D eigenvalue weighted by atomic mass is 9.66. The van der Waals surface area contributed by atoms with Crippen molar-refractivity contribution in [2.75, 3.05) is 0 Å². The monoisotopic (exact) mass is 404 g/mol. The minimum absolute atomic E-state index is 0.280. The number of aliphatic hydroxyl groups is 1. The van der Waals surface area contributed by atoms with Gasteiger partial charge in [-0.15, -0.1) is 0 Å². The van der Waals surface area contributed by atoms with Gasteiger partial charge in [0.1, 0.15) is 11.6 Å². The van der Waals surface area contributed by atoms with E-state index in [9.17, 15) is 13.9 Å². The molecule has 3 aromatic carbocycles. The van der Waals surface area contributed by atoms with Gasteiger partial charge in [-0.3, -0.25) is 0 Å². The largest absolute Gasteiger partial charge is 0.387 e. The molecule has 3 nitrogen and oxygen atoms in total. The second-order valence-electron chi connectivity index (χ2n) is 8.33. The van der Waals surface area contributed by atoms with Gasteiger partial charge < -0.3 is 5.11 Å². The number of benzene rings is 3. The Hall–Kier alpha value is -3.05. The fourth-order valence-corrected chi connectivity index (χ4v) is 4.72. The van der Waals surface area contributed by atoms with E-state index in [1.165, 1.54) is 29.8 Å². The Morgan fingerprint density at radius 1 is 1.00 bits per heavy atom.